The summed E-state index contributed by atoms with van der Waals surface area (Å²) < 4.78 is 71.9. The van der Waals surface area contributed by atoms with E-state index in [0.717, 1.165) is 0 Å². The van der Waals surface area contributed by atoms with E-state index in [2.05, 4.69) is 0 Å². The second kappa shape index (κ2) is 10.00. The van der Waals surface area contributed by atoms with Crippen molar-refractivity contribution in [2.75, 3.05) is 32.9 Å². The molecule has 0 aromatic heterocycles. The topological polar surface area (TPSA) is 89.2 Å². The number of benzene rings is 3. The van der Waals surface area contributed by atoms with Gasteiger partial charge in [-0.2, -0.15) is 13.2 Å². The molecule has 0 fully saturated rings. The van der Waals surface area contributed by atoms with Gasteiger partial charge in [-0.1, -0.05) is 18.2 Å². The zero-order valence-corrected chi connectivity index (χ0v) is 20.7. The Bertz CT molecular complexity index is 1360. The second-order valence-electron chi connectivity index (χ2n) is 9.02. The van der Waals surface area contributed by atoms with E-state index in [-0.39, 0.29) is 24.7 Å². The Morgan fingerprint density at radius 3 is 2.47 bits per heavy atom. The predicted octanol–water partition coefficient (Wildman–Crippen LogP) is 5.40. The van der Waals surface area contributed by atoms with E-state index in [0.29, 0.717) is 39.6 Å². The van der Waals surface area contributed by atoms with Crippen LogP contribution in [0.25, 0.3) is 0 Å². The van der Waals surface area contributed by atoms with Crippen LogP contribution in [0.1, 0.15) is 41.0 Å². The molecule has 1 heterocycles. The molecule has 0 amide bonds. The maximum absolute atomic E-state index is 15.0. The first-order chi connectivity index (χ1) is 18.2. The van der Waals surface area contributed by atoms with Gasteiger partial charge in [0.25, 0.3) is 0 Å². The molecule has 5 rings (SSSR count). The maximum Gasteiger partial charge on any atom is 0.393 e. The van der Waals surface area contributed by atoms with Crippen LogP contribution < -0.4 is 24.7 Å². The Morgan fingerprint density at radius 1 is 0.974 bits per heavy atom. The van der Waals surface area contributed by atoms with Crippen molar-refractivity contribution in [2.24, 2.45) is 5.92 Å². The zero-order chi connectivity index (χ0) is 27.0. The lowest BCUT2D eigenvalue weighted by Crippen LogP contribution is -2.31. The molecule has 0 radical (unpaired) electrons. The van der Waals surface area contributed by atoms with E-state index < -0.39 is 36.5 Å². The number of nitrogen functional groups attached to an aromatic ring is 1. The fraction of sp³-hybridized carbons (Fsp3) is 0.321. The van der Waals surface area contributed by atoms with Crippen LogP contribution in [0.3, 0.4) is 0 Å². The lowest BCUT2D eigenvalue weighted by Gasteiger charge is -2.29. The van der Waals surface area contributed by atoms with Crippen LogP contribution in [-0.4, -0.2) is 39.3 Å². The number of methoxy groups -OCH3 is 1. The molecule has 1 aliphatic heterocycles. The van der Waals surface area contributed by atoms with Crippen molar-refractivity contribution in [3.63, 3.8) is 0 Å². The first-order valence-electron chi connectivity index (χ1n) is 12.0. The molecule has 1 aliphatic carbocycles. The van der Waals surface area contributed by atoms with Crippen molar-refractivity contribution < 1.29 is 41.7 Å². The predicted molar refractivity (Wildman–Crippen MR) is 132 cm³/mol. The number of carbonyl (C=O) groups excluding carboxylic acids is 1. The summed E-state index contributed by atoms with van der Waals surface area (Å²) >= 11 is 0. The zero-order valence-electron chi connectivity index (χ0n) is 20.7. The van der Waals surface area contributed by atoms with Gasteiger partial charge in [0.2, 0.25) is 6.79 Å². The number of halogens is 3. The highest BCUT2D eigenvalue weighted by Gasteiger charge is 2.56. The van der Waals surface area contributed by atoms with Gasteiger partial charge in [0.15, 0.2) is 18.1 Å². The Labute approximate surface area is 217 Å². The second-order valence-corrected chi connectivity index (χ2v) is 9.02. The molecular formula is C28H26F3NO6. The monoisotopic (exact) mass is 529 g/mol. The van der Waals surface area contributed by atoms with Gasteiger partial charge in [-0.25, -0.2) is 4.79 Å². The molecule has 0 saturated heterocycles. The molecule has 0 bridgehead atoms. The molecule has 0 unspecified atom stereocenters. The number of nitrogens with two attached hydrogens (primary N) is 1. The lowest BCUT2D eigenvalue weighted by molar-refractivity contribution is -0.179. The van der Waals surface area contributed by atoms with Crippen molar-refractivity contribution >= 4 is 11.7 Å². The third-order valence-electron chi connectivity index (χ3n) is 6.84. The molecule has 2 N–H and O–H groups in total. The van der Waals surface area contributed by atoms with E-state index in [1.54, 1.807) is 49.4 Å². The molecular weight excluding hydrogens is 503 g/mol. The summed E-state index contributed by atoms with van der Waals surface area (Å²) in [4.78, 5) is 12.0. The average molecular weight is 530 g/mol. The smallest absolute Gasteiger partial charge is 0.393 e. The number of carbonyl (C=O) groups is 1. The summed E-state index contributed by atoms with van der Waals surface area (Å²) in [7, 11) is 1.43. The molecule has 200 valence electrons. The molecule has 7 nitrogen and oxygen atoms in total. The molecule has 0 saturated carbocycles. The summed E-state index contributed by atoms with van der Waals surface area (Å²) in [6, 6.07) is 14.2. The van der Waals surface area contributed by atoms with Crippen LogP contribution in [0, 0.1) is 5.92 Å². The lowest BCUT2D eigenvalue weighted by atomic mass is 9.78. The van der Waals surface area contributed by atoms with Crippen molar-refractivity contribution in [3.05, 3.63) is 76.9 Å². The molecule has 38 heavy (non-hydrogen) atoms. The summed E-state index contributed by atoms with van der Waals surface area (Å²) in [6.07, 6.45) is -4.61. The molecule has 3 aromatic rings. The highest BCUT2D eigenvalue weighted by molar-refractivity contribution is 5.71. The number of fused-ring (bicyclic) bond motifs is 2. The van der Waals surface area contributed by atoms with Gasteiger partial charge in [-0.05, 0) is 53.9 Å². The van der Waals surface area contributed by atoms with Gasteiger partial charge >= 0.3 is 12.1 Å². The van der Waals surface area contributed by atoms with E-state index in [1.165, 1.54) is 19.2 Å². The van der Waals surface area contributed by atoms with Crippen molar-refractivity contribution in [1.82, 2.24) is 0 Å². The minimum atomic E-state index is -4.61. The highest BCUT2D eigenvalue weighted by atomic mass is 19.4. The van der Waals surface area contributed by atoms with Gasteiger partial charge in [-0.15, -0.1) is 0 Å². The molecule has 3 atom stereocenters. The third-order valence-corrected chi connectivity index (χ3v) is 6.84. The molecule has 10 heteroatoms. The van der Waals surface area contributed by atoms with Crippen LogP contribution >= 0.6 is 0 Å². The SMILES string of the molecule is CCOC(=O)COc1cc(OC)ccc1[C@@H]1c2cc(N)ccc2[C@H](c2ccc3c(c2)OCO3)[C@@H]1C(F)(F)F. The van der Waals surface area contributed by atoms with Gasteiger partial charge in [0, 0.05) is 29.2 Å². The molecule has 0 spiro atoms. The van der Waals surface area contributed by atoms with Gasteiger partial charge in [-0.3, -0.25) is 0 Å². The quantitative estimate of drug-likeness (QED) is 0.324. The molecule has 2 aliphatic rings. The number of esters is 1. The number of hydrogen-bond acceptors (Lipinski definition) is 7. The van der Waals surface area contributed by atoms with Crippen molar-refractivity contribution in [1.29, 1.82) is 0 Å². The maximum atomic E-state index is 15.0. The van der Waals surface area contributed by atoms with Crippen molar-refractivity contribution in [3.8, 4) is 23.0 Å². The minimum Gasteiger partial charge on any atom is -0.497 e. The summed E-state index contributed by atoms with van der Waals surface area (Å²) in [5, 5.41) is 0. The van der Waals surface area contributed by atoms with Crippen LogP contribution in [0.15, 0.2) is 54.6 Å². The van der Waals surface area contributed by atoms with E-state index in [1.807, 2.05) is 0 Å². The van der Waals surface area contributed by atoms with E-state index in [4.69, 9.17) is 29.4 Å². The Morgan fingerprint density at radius 2 is 1.74 bits per heavy atom. The average Bonchev–Trinajstić information content (AvgIpc) is 3.49. The standard InChI is InChI=1S/C28H26F3NO6/c1-3-35-24(33)13-36-22-12-17(34-2)6-8-19(22)26-20-11-16(32)5-7-18(20)25(27(26)28(29,30)31)15-4-9-21-23(10-15)38-14-37-21/h4-12,25-27H,3,13-14,32H2,1-2H3/t25-,26+,27-/m0/s1. The fourth-order valence-corrected chi connectivity index (χ4v) is 5.32. The Kier molecular flexibility index (Phi) is 6.73. The largest absolute Gasteiger partial charge is 0.497 e. The third kappa shape index (κ3) is 4.66. The van der Waals surface area contributed by atoms with Gasteiger partial charge in [0.1, 0.15) is 11.5 Å². The number of alkyl halides is 3. The Hall–Kier alpha value is -4.08. The number of hydrogen-bond donors (Lipinski definition) is 1. The number of rotatable bonds is 7. The van der Waals surface area contributed by atoms with Crippen LogP contribution in [0.2, 0.25) is 0 Å². The summed E-state index contributed by atoms with van der Waals surface area (Å²) in [5.74, 6) is -3.38. The summed E-state index contributed by atoms with van der Waals surface area (Å²) in [6.45, 7) is 1.34. The fourth-order valence-electron chi connectivity index (χ4n) is 5.32. The van der Waals surface area contributed by atoms with Crippen LogP contribution in [0.5, 0.6) is 23.0 Å². The first-order valence-corrected chi connectivity index (χ1v) is 12.0. The van der Waals surface area contributed by atoms with Crippen LogP contribution in [0.4, 0.5) is 18.9 Å². The normalized spacial score (nSPS) is 19.7. The summed E-state index contributed by atoms with van der Waals surface area (Å²) in [5.41, 5.74) is 8.03. The van der Waals surface area contributed by atoms with Gasteiger partial charge in [0.05, 0.1) is 19.6 Å². The van der Waals surface area contributed by atoms with Gasteiger partial charge < -0.3 is 29.4 Å². The number of anilines is 1. The van der Waals surface area contributed by atoms with Crippen molar-refractivity contribution in [2.45, 2.75) is 24.9 Å². The van der Waals surface area contributed by atoms with E-state index in [9.17, 15) is 4.79 Å². The number of ether oxygens (including phenoxy) is 5. The molecule has 3 aromatic carbocycles. The van der Waals surface area contributed by atoms with Crippen LogP contribution in [-0.2, 0) is 9.53 Å². The Balaban J connectivity index is 1.67. The van der Waals surface area contributed by atoms with E-state index >= 15 is 13.2 Å². The first kappa shape index (κ1) is 25.6. The minimum absolute atomic E-state index is 0.00884. The highest BCUT2D eigenvalue weighted by Crippen LogP contribution is 2.60.